The van der Waals surface area contributed by atoms with Crippen molar-refractivity contribution < 1.29 is 19.1 Å². The molecule has 0 aliphatic rings. The molecule has 0 atom stereocenters. The SMILES string of the molecule is CC=CC=CC(=O)OCC(=O)NC(=O)NC(C)(C)C. The predicted octanol–water partition coefficient (Wildman–Crippen LogP) is 1.29. The largest absolute Gasteiger partial charge is 0.452 e. The Labute approximate surface area is 112 Å². The monoisotopic (exact) mass is 268 g/mol. The Morgan fingerprint density at radius 1 is 1.16 bits per heavy atom. The number of amides is 3. The van der Waals surface area contributed by atoms with E-state index in [1.54, 1.807) is 39.8 Å². The van der Waals surface area contributed by atoms with E-state index in [1.165, 1.54) is 12.2 Å². The van der Waals surface area contributed by atoms with Gasteiger partial charge < -0.3 is 10.1 Å². The standard InChI is InChI=1S/C13H20N2O4/c1-5-6-7-8-11(17)19-9-10(16)14-12(18)15-13(2,3)4/h5-8H,9H2,1-4H3,(H2,14,15,16,18). The summed E-state index contributed by atoms with van der Waals surface area (Å²) in [5, 5.41) is 4.60. The van der Waals surface area contributed by atoms with Crippen LogP contribution in [0.15, 0.2) is 24.3 Å². The number of allylic oxidation sites excluding steroid dienone is 3. The van der Waals surface area contributed by atoms with E-state index in [0.29, 0.717) is 0 Å². The molecular formula is C13H20N2O4. The number of imide groups is 1. The first kappa shape index (κ1) is 16.9. The molecule has 0 saturated heterocycles. The van der Waals surface area contributed by atoms with E-state index >= 15 is 0 Å². The molecule has 106 valence electrons. The fraction of sp³-hybridized carbons (Fsp3) is 0.462. The molecule has 0 aromatic rings. The highest BCUT2D eigenvalue weighted by Gasteiger charge is 2.16. The smallest absolute Gasteiger partial charge is 0.331 e. The summed E-state index contributed by atoms with van der Waals surface area (Å²) in [4.78, 5) is 33.7. The van der Waals surface area contributed by atoms with Crippen molar-refractivity contribution >= 4 is 17.9 Å². The highest BCUT2D eigenvalue weighted by molar-refractivity contribution is 5.96. The number of carbonyl (C=O) groups excluding carboxylic acids is 3. The molecule has 2 N–H and O–H groups in total. The van der Waals surface area contributed by atoms with E-state index in [2.05, 4.69) is 15.4 Å². The number of rotatable bonds is 4. The molecule has 6 nitrogen and oxygen atoms in total. The van der Waals surface area contributed by atoms with Crippen LogP contribution in [0.2, 0.25) is 0 Å². The lowest BCUT2D eigenvalue weighted by Gasteiger charge is -2.20. The Bertz CT molecular complexity index is 392. The summed E-state index contributed by atoms with van der Waals surface area (Å²) in [6.07, 6.45) is 6.07. The first-order valence-electron chi connectivity index (χ1n) is 5.82. The molecule has 0 aliphatic heterocycles. The molecule has 0 rings (SSSR count). The minimum Gasteiger partial charge on any atom is -0.452 e. The summed E-state index contributed by atoms with van der Waals surface area (Å²) < 4.78 is 4.63. The van der Waals surface area contributed by atoms with Crippen LogP contribution < -0.4 is 10.6 Å². The van der Waals surface area contributed by atoms with Crippen molar-refractivity contribution in [1.29, 1.82) is 0 Å². The van der Waals surface area contributed by atoms with Crippen LogP contribution in [0.5, 0.6) is 0 Å². The third kappa shape index (κ3) is 10.7. The van der Waals surface area contributed by atoms with Crippen molar-refractivity contribution in [2.24, 2.45) is 0 Å². The second kappa shape index (κ2) is 8.07. The normalized spacial score (nSPS) is 11.6. The first-order chi connectivity index (χ1) is 8.74. The molecule has 0 unspecified atom stereocenters. The summed E-state index contributed by atoms with van der Waals surface area (Å²) in [6, 6.07) is -0.627. The molecule has 0 spiro atoms. The third-order valence-electron chi connectivity index (χ3n) is 1.62. The Hall–Kier alpha value is -2.11. The maximum Gasteiger partial charge on any atom is 0.331 e. The fourth-order valence-electron chi connectivity index (χ4n) is 0.965. The average molecular weight is 268 g/mol. The van der Waals surface area contributed by atoms with Crippen molar-refractivity contribution in [3.63, 3.8) is 0 Å². The number of hydrogen-bond donors (Lipinski definition) is 2. The van der Waals surface area contributed by atoms with Crippen molar-refractivity contribution in [1.82, 2.24) is 10.6 Å². The van der Waals surface area contributed by atoms with Gasteiger partial charge in [-0.15, -0.1) is 0 Å². The second-order valence-electron chi connectivity index (χ2n) is 4.74. The molecule has 0 saturated carbocycles. The van der Waals surface area contributed by atoms with Crippen molar-refractivity contribution in [3.05, 3.63) is 24.3 Å². The van der Waals surface area contributed by atoms with Gasteiger partial charge in [-0.2, -0.15) is 0 Å². The van der Waals surface area contributed by atoms with Crippen LogP contribution in [0.4, 0.5) is 4.79 Å². The lowest BCUT2D eigenvalue weighted by Crippen LogP contribution is -2.49. The molecule has 6 heteroatoms. The van der Waals surface area contributed by atoms with Crippen molar-refractivity contribution in [2.45, 2.75) is 33.2 Å². The minimum atomic E-state index is -0.686. The molecule has 0 aromatic carbocycles. The lowest BCUT2D eigenvalue weighted by atomic mass is 10.1. The highest BCUT2D eigenvalue weighted by Crippen LogP contribution is 1.97. The van der Waals surface area contributed by atoms with Crippen molar-refractivity contribution in [3.8, 4) is 0 Å². The van der Waals surface area contributed by atoms with E-state index in [-0.39, 0.29) is 0 Å². The van der Waals surface area contributed by atoms with Gasteiger partial charge in [0.25, 0.3) is 5.91 Å². The van der Waals surface area contributed by atoms with Gasteiger partial charge in [-0.1, -0.05) is 18.2 Å². The Kier molecular flexibility index (Phi) is 7.18. The Morgan fingerprint density at radius 2 is 1.79 bits per heavy atom. The van der Waals surface area contributed by atoms with Gasteiger partial charge in [0.15, 0.2) is 6.61 Å². The summed E-state index contributed by atoms with van der Waals surface area (Å²) in [6.45, 7) is 6.64. The van der Waals surface area contributed by atoms with Crippen LogP contribution in [0, 0.1) is 0 Å². The van der Waals surface area contributed by atoms with Gasteiger partial charge in [0, 0.05) is 11.6 Å². The van der Waals surface area contributed by atoms with Crippen LogP contribution in [0.3, 0.4) is 0 Å². The number of urea groups is 1. The predicted molar refractivity (Wildman–Crippen MR) is 71.3 cm³/mol. The summed E-state index contributed by atoms with van der Waals surface area (Å²) in [5.41, 5.74) is -0.448. The summed E-state index contributed by atoms with van der Waals surface area (Å²) >= 11 is 0. The van der Waals surface area contributed by atoms with Gasteiger partial charge in [0.05, 0.1) is 0 Å². The molecule has 19 heavy (non-hydrogen) atoms. The van der Waals surface area contributed by atoms with Crippen LogP contribution in [0.25, 0.3) is 0 Å². The molecule has 0 aliphatic carbocycles. The highest BCUT2D eigenvalue weighted by atomic mass is 16.5. The van der Waals surface area contributed by atoms with Crippen molar-refractivity contribution in [2.75, 3.05) is 6.61 Å². The van der Waals surface area contributed by atoms with E-state index in [4.69, 9.17) is 0 Å². The second-order valence-corrected chi connectivity index (χ2v) is 4.74. The third-order valence-corrected chi connectivity index (χ3v) is 1.62. The fourth-order valence-corrected chi connectivity index (χ4v) is 0.965. The number of carbonyl (C=O) groups is 3. The van der Waals surface area contributed by atoms with Crippen LogP contribution >= 0.6 is 0 Å². The van der Waals surface area contributed by atoms with Gasteiger partial charge in [0.1, 0.15) is 0 Å². The van der Waals surface area contributed by atoms with Crippen LogP contribution in [0.1, 0.15) is 27.7 Å². The number of esters is 1. The maximum absolute atomic E-state index is 11.3. The lowest BCUT2D eigenvalue weighted by molar-refractivity contribution is -0.143. The van der Waals surface area contributed by atoms with Crippen LogP contribution in [-0.2, 0) is 14.3 Å². The molecule has 3 amide bonds. The zero-order chi connectivity index (χ0) is 14.9. The van der Waals surface area contributed by atoms with Gasteiger partial charge in [0.2, 0.25) is 0 Å². The van der Waals surface area contributed by atoms with Gasteiger partial charge in [-0.3, -0.25) is 10.1 Å². The van der Waals surface area contributed by atoms with E-state index in [1.807, 2.05) is 0 Å². The van der Waals surface area contributed by atoms with E-state index in [0.717, 1.165) is 0 Å². The molecule has 0 bridgehead atoms. The molecule has 0 fully saturated rings. The quantitative estimate of drug-likeness (QED) is 0.457. The summed E-state index contributed by atoms with van der Waals surface area (Å²) in [5.74, 6) is -1.33. The van der Waals surface area contributed by atoms with Gasteiger partial charge >= 0.3 is 12.0 Å². The number of ether oxygens (including phenoxy) is 1. The zero-order valence-electron chi connectivity index (χ0n) is 11.6. The molecule has 0 heterocycles. The minimum absolute atomic E-state index is 0.448. The van der Waals surface area contributed by atoms with Gasteiger partial charge in [-0.05, 0) is 27.7 Å². The Balaban J connectivity index is 4.00. The number of hydrogen-bond acceptors (Lipinski definition) is 4. The van der Waals surface area contributed by atoms with Crippen LogP contribution in [-0.4, -0.2) is 30.1 Å². The summed E-state index contributed by atoms with van der Waals surface area (Å²) in [7, 11) is 0. The zero-order valence-corrected chi connectivity index (χ0v) is 11.6. The maximum atomic E-state index is 11.3. The van der Waals surface area contributed by atoms with E-state index in [9.17, 15) is 14.4 Å². The average Bonchev–Trinajstić information content (AvgIpc) is 2.24. The molecule has 0 aromatic heterocycles. The van der Waals surface area contributed by atoms with Gasteiger partial charge in [-0.25, -0.2) is 9.59 Å². The van der Waals surface area contributed by atoms with E-state index < -0.39 is 30.1 Å². The number of nitrogens with one attached hydrogen (secondary N) is 2. The topological polar surface area (TPSA) is 84.5 Å². The molecular weight excluding hydrogens is 248 g/mol. The first-order valence-corrected chi connectivity index (χ1v) is 5.82. The molecule has 0 radical (unpaired) electrons. The Morgan fingerprint density at radius 3 is 2.32 bits per heavy atom.